The third-order valence-electron chi connectivity index (χ3n) is 4.90. The number of nitrogens with zero attached hydrogens (tertiary/aromatic N) is 3. The van der Waals surface area contributed by atoms with Gasteiger partial charge in [0.05, 0.1) is 24.0 Å². The summed E-state index contributed by atoms with van der Waals surface area (Å²) in [5.74, 6) is 1.12. The molecule has 0 N–H and O–H groups in total. The summed E-state index contributed by atoms with van der Waals surface area (Å²) in [6.45, 7) is 2.46. The Kier molecular flexibility index (Phi) is 3.59. The number of furan rings is 1. The van der Waals surface area contributed by atoms with Gasteiger partial charge in [-0.05, 0) is 44.0 Å². The van der Waals surface area contributed by atoms with E-state index in [4.69, 9.17) is 4.42 Å². The zero-order chi connectivity index (χ0) is 16.7. The largest absolute Gasteiger partial charge is 0.456 e. The quantitative estimate of drug-likeness (QED) is 0.850. The van der Waals surface area contributed by atoms with E-state index in [1.54, 1.807) is 24.5 Å². The van der Waals surface area contributed by atoms with E-state index in [0.29, 0.717) is 25.1 Å². The first kappa shape index (κ1) is 14.9. The highest BCUT2D eigenvalue weighted by molar-refractivity contribution is 5.96. The van der Waals surface area contributed by atoms with Gasteiger partial charge in [-0.15, -0.1) is 0 Å². The van der Waals surface area contributed by atoms with Gasteiger partial charge in [0.15, 0.2) is 5.76 Å². The first-order chi connectivity index (χ1) is 11.6. The average molecular weight is 325 g/mol. The Bertz CT molecular complexity index is 771. The molecule has 4 rings (SSSR count). The fourth-order valence-electron chi connectivity index (χ4n) is 3.84. The van der Waals surface area contributed by atoms with Gasteiger partial charge in [0.25, 0.3) is 5.91 Å². The van der Waals surface area contributed by atoms with Crippen LogP contribution in [0.15, 0.2) is 41.1 Å². The number of piperidine rings is 1. The van der Waals surface area contributed by atoms with Crippen LogP contribution >= 0.6 is 0 Å². The van der Waals surface area contributed by atoms with Crippen LogP contribution in [-0.4, -0.2) is 40.3 Å². The molecule has 4 heterocycles. The van der Waals surface area contributed by atoms with E-state index in [-0.39, 0.29) is 23.9 Å². The van der Waals surface area contributed by atoms with Crippen molar-refractivity contribution >= 4 is 17.5 Å². The fraction of sp³-hybridized carbons (Fsp3) is 0.389. The molecule has 6 heteroatoms. The van der Waals surface area contributed by atoms with Gasteiger partial charge >= 0.3 is 0 Å². The molecule has 0 aromatic carbocycles. The lowest BCUT2D eigenvalue weighted by Gasteiger charge is -2.39. The Morgan fingerprint density at radius 1 is 1.25 bits per heavy atom. The van der Waals surface area contributed by atoms with Crippen molar-refractivity contribution in [3.63, 3.8) is 0 Å². The molecule has 2 aromatic heterocycles. The van der Waals surface area contributed by atoms with Crippen LogP contribution in [0.3, 0.4) is 0 Å². The summed E-state index contributed by atoms with van der Waals surface area (Å²) >= 11 is 0. The van der Waals surface area contributed by atoms with Crippen molar-refractivity contribution in [2.45, 2.75) is 38.3 Å². The summed E-state index contributed by atoms with van der Waals surface area (Å²) in [7, 11) is 0. The summed E-state index contributed by atoms with van der Waals surface area (Å²) in [5, 5.41) is 0. The summed E-state index contributed by atoms with van der Waals surface area (Å²) in [4.78, 5) is 33.0. The van der Waals surface area contributed by atoms with Gasteiger partial charge in [-0.25, -0.2) is 0 Å². The third-order valence-corrected chi connectivity index (χ3v) is 4.90. The van der Waals surface area contributed by atoms with Gasteiger partial charge in [0.1, 0.15) is 5.76 Å². The Morgan fingerprint density at radius 3 is 2.83 bits per heavy atom. The molecule has 0 saturated carbocycles. The standard InChI is InChI=1S/C18H19N3O3/c1-12-4-6-16(24-12)18(23)20-10-8-15-14(20)5-7-17(22)21(15)13-3-2-9-19-11-13/h2-4,6,9,11,14-15H,5,7-8,10H2,1H3/t14-,15-/m0/s1. The van der Waals surface area contributed by atoms with Gasteiger partial charge in [0.2, 0.25) is 5.91 Å². The van der Waals surface area contributed by atoms with E-state index in [9.17, 15) is 9.59 Å². The molecular weight excluding hydrogens is 306 g/mol. The van der Waals surface area contributed by atoms with Gasteiger partial charge in [-0.2, -0.15) is 0 Å². The monoisotopic (exact) mass is 325 g/mol. The Morgan fingerprint density at radius 2 is 2.12 bits per heavy atom. The van der Waals surface area contributed by atoms with E-state index < -0.39 is 0 Å². The van der Waals surface area contributed by atoms with Gasteiger partial charge in [0, 0.05) is 19.2 Å². The zero-order valence-electron chi connectivity index (χ0n) is 13.5. The highest BCUT2D eigenvalue weighted by atomic mass is 16.3. The number of anilines is 1. The maximum atomic E-state index is 12.8. The van der Waals surface area contributed by atoms with Crippen LogP contribution in [-0.2, 0) is 4.79 Å². The second-order valence-electron chi connectivity index (χ2n) is 6.35. The Hall–Kier alpha value is -2.63. The number of hydrogen-bond acceptors (Lipinski definition) is 4. The second-order valence-corrected chi connectivity index (χ2v) is 6.35. The van der Waals surface area contributed by atoms with Gasteiger partial charge < -0.3 is 14.2 Å². The molecule has 0 unspecified atom stereocenters. The van der Waals surface area contributed by atoms with Crippen LogP contribution in [0.4, 0.5) is 5.69 Å². The maximum absolute atomic E-state index is 12.8. The lowest BCUT2D eigenvalue weighted by atomic mass is 9.95. The van der Waals surface area contributed by atoms with E-state index >= 15 is 0 Å². The first-order valence-electron chi connectivity index (χ1n) is 8.24. The zero-order valence-corrected chi connectivity index (χ0v) is 13.5. The molecule has 2 aromatic rings. The highest BCUT2D eigenvalue weighted by Crippen LogP contribution is 2.35. The van der Waals surface area contributed by atoms with Crippen molar-refractivity contribution in [1.82, 2.24) is 9.88 Å². The molecule has 124 valence electrons. The lowest BCUT2D eigenvalue weighted by molar-refractivity contribution is -0.120. The number of hydrogen-bond donors (Lipinski definition) is 0. The number of pyridine rings is 1. The number of amides is 2. The second kappa shape index (κ2) is 5.78. The number of aromatic nitrogens is 1. The van der Waals surface area contributed by atoms with Gasteiger partial charge in [-0.3, -0.25) is 14.6 Å². The predicted octanol–water partition coefficient (Wildman–Crippen LogP) is 2.39. The SMILES string of the molecule is Cc1ccc(C(=O)N2CC[C@H]3[C@@H]2CCC(=O)N3c2cccnc2)o1. The smallest absolute Gasteiger partial charge is 0.289 e. The number of carbonyl (C=O) groups excluding carboxylic acids is 2. The number of rotatable bonds is 2. The third kappa shape index (κ3) is 2.38. The van der Waals surface area contributed by atoms with E-state index in [1.807, 2.05) is 28.9 Å². The first-order valence-corrected chi connectivity index (χ1v) is 8.24. The van der Waals surface area contributed by atoms with E-state index in [1.165, 1.54) is 0 Å². The molecular formula is C18H19N3O3. The molecule has 2 saturated heterocycles. The molecule has 0 radical (unpaired) electrons. The maximum Gasteiger partial charge on any atom is 0.289 e. The molecule has 2 fully saturated rings. The minimum absolute atomic E-state index is 0.00968. The minimum Gasteiger partial charge on any atom is -0.456 e. The number of carbonyl (C=O) groups is 2. The molecule has 6 nitrogen and oxygen atoms in total. The lowest BCUT2D eigenvalue weighted by Crippen LogP contribution is -2.53. The van der Waals surface area contributed by atoms with Crippen molar-refractivity contribution in [3.05, 3.63) is 48.2 Å². The number of aryl methyl sites for hydroxylation is 1. The van der Waals surface area contributed by atoms with E-state index in [2.05, 4.69) is 4.98 Å². The van der Waals surface area contributed by atoms with Crippen LogP contribution in [0.25, 0.3) is 0 Å². The molecule has 2 atom stereocenters. The van der Waals surface area contributed by atoms with Crippen molar-refractivity contribution in [3.8, 4) is 0 Å². The van der Waals surface area contributed by atoms with Crippen LogP contribution in [0.2, 0.25) is 0 Å². The number of fused-ring (bicyclic) bond motifs is 1. The van der Waals surface area contributed by atoms with Crippen LogP contribution in [0.5, 0.6) is 0 Å². The Labute approximate surface area is 140 Å². The average Bonchev–Trinajstić information content (AvgIpc) is 3.21. The molecule has 24 heavy (non-hydrogen) atoms. The van der Waals surface area contributed by atoms with E-state index in [0.717, 1.165) is 17.9 Å². The Balaban J connectivity index is 1.61. The topological polar surface area (TPSA) is 66.7 Å². The van der Waals surface area contributed by atoms with Crippen molar-refractivity contribution in [2.75, 3.05) is 11.4 Å². The normalized spacial score (nSPS) is 23.5. The summed E-state index contributed by atoms with van der Waals surface area (Å²) < 4.78 is 5.49. The van der Waals surface area contributed by atoms with Crippen molar-refractivity contribution in [1.29, 1.82) is 0 Å². The highest BCUT2D eigenvalue weighted by Gasteiger charge is 2.46. The molecule has 0 aliphatic carbocycles. The van der Waals surface area contributed by atoms with Crippen molar-refractivity contribution in [2.24, 2.45) is 0 Å². The van der Waals surface area contributed by atoms with Gasteiger partial charge in [-0.1, -0.05) is 0 Å². The van der Waals surface area contributed by atoms with Crippen molar-refractivity contribution < 1.29 is 14.0 Å². The van der Waals surface area contributed by atoms with Crippen LogP contribution in [0.1, 0.15) is 35.6 Å². The predicted molar refractivity (Wildman–Crippen MR) is 87.6 cm³/mol. The minimum atomic E-state index is -0.0870. The van der Waals surface area contributed by atoms with Crippen LogP contribution < -0.4 is 4.90 Å². The van der Waals surface area contributed by atoms with Crippen LogP contribution in [0, 0.1) is 6.92 Å². The fourth-order valence-corrected chi connectivity index (χ4v) is 3.84. The molecule has 2 amide bonds. The molecule has 2 aliphatic heterocycles. The molecule has 0 bridgehead atoms. The number of likely N-dealkylation sites (tertiary alicyclic amines) is 1. The summed E-state index contributed by atoms with van der Waals surface area (Å²) in [6.07, 6.45) is 5.32. The summed E-state index contributed by atoms with van der Waals surface area (Å²) in [5.41, 5.74) is 0.806. The molecule has 2 aliphatic rings. The summed E-state index contributed by atoms with van der Waals surface area (Å²) in [6, 6.07) is 7.28. The molecule has 0 spiro atoms.